The first-order valence-corrected chi connectivity index (χ1v) is 9.61. The van der Waals surface area contributed by atoms with Gasteiger partial charge in [0.05, 0.1) is 6.10 Å². The third-order valence-electron chi connectivity index (χ3n) is 3.86. The standard InChI is InChI=1S/C16H23NO5S/c1-12(23(2,19)20)16(18)17-10-13-5-7-14(8-6-13)22-11-15-4-3-9-21-15/h5-8,12,15H,3-4,9-11H2,1-2H3,(H,17,18)/t12-,15+/m1/s1. The number of amides is 1. The van der Waals surface area contributed by atoms with Gasteiger partial charge >= 0.3 is 0 Å². The van der Waals surface area contributed by atoms with Crippen molar-refractivity contribution in [3.8, 4) is 5.75 Å². The molecule has 1 heterocycles. The summed E-state index contributed by atoms with van der Waals surface area (Å²) in [6.45, 7) is 3.01. The van der Waals surface area contributed by atoms with Crippen molar-refractivity contribution in [1.82, 2.24) is 5.32 Å². The predicted octanol–water partition coefficient (Wildman–Crippen LogP) is 1.29. The van der Waals surface area contributed by atoms with Gasteiger partial charge in [-0.05, 0) is 37.5 Å². The summed E-state index contributed by atoms with van der Waals surface area (Å²) in [6.07, 6.45) is 3.34. The molecule has 0 aliphatic carbocycles. The monoisotopic (exact) mass is 341 g/mol. The van der Waals surface area contributed by atoms with Crippen LogP contribution in [-0.2, 0) is 25.9 Å². The second-order valence-electron chi connectivity index (χ2n) is 5.78. The summed E-state index contributed by atoms with van der Waals surface area (Å²) in [5, 5.41) is 1.58. The molecule has 0 bridgehead atoms. The van der Waals surface area contributed by atoms with Crippen molar-refractivity contribution in [3.05, 3.63) is 29.8 Å². The molecule has 1 aliphatic heterocycles. The largest absolute Gasteiger partial charge is 0.491 e. The van der Waals surface area contributed by atoms with E-state index in [0.717, 1.165) is 37.0 Å². The lowest BCUT2D eigenvalue weighted by Gasteiger charge is -2.12. The van der Waals surface area contributed by atoms with Gasteiger partial charge in [0.2, 0.25) is 5.91 Å². The summed E-state index contributed by atoms with van der Waals surface area (Å²) >= 11 is 0. The molecule has 7 heteroatoms. The van der Waals surface area contributed by atoms with Crippen LogP contribution in [0.25, 0.3) is 0 Å². The highest BCUT2D eigenvalue weighted by atomic mass is 32.2. The van der Waals surface area contributed by atoms with Gasteiger partial charge < -0.3 is 14.8 Å². The molecular formula is C16H23NO5S. The predicted molar refractivity (Wildman–Crippen MR) is 87.1 cm³/mol. The van der Waals surface area contributed by atoms with Crippen molar-refractivity contribution in [1.29, 1.82) is 0 Å². The highest BCUT2D eigenvalue weighted by molar-refractivity contribution is 7.92. The molecule has 1 aromatic rings. The molecule has 0 saturated carbocycles. The van der Waals surface area contributed by atoms with Crippen molar-refractivity contribution in [3.63, 3.8) is 0 Å². The second-order valence-corrected chi connectivity index (χ2v) is 8.15. The van der Waals surface area contributed by atoms with Crippen LogP contribution in [0.4, 0.5) is 0 Å². The maximum atomic E-state index is 11.8. The SMILES string of the molecule is C[C@H](C(=O)NCc1ccc(OC[C@@H]2CCCO2)cc1)S(C)(=O)=O. The lowest BCUT2D eigenvalue weighted by molar-refractivity contribution is -0.120. The Balaban J connectivity index is 1.79. The summed E-state index contributed by atoms with van der Waals surface area (Å²) < 4.78 is 33.8. The molecule has 1 aromatic carbocycles. The van der Waals surface area contributed by atoms with Crippen molar-refractivity contribution >= 4 is 15.7 Å². The molecule has 1 amide bonds. The van der Waals surface area contributed by atoms with Gasteiger partial charge in [-0.25, -0.2) is 8.42 Å². The number of carbonyl (C=O) groups is 1. The van der Waals surface area contributed by atoms with Crippen molar-refractivity contribution in [2.24, 2.45) is 0 Å². The van der Waals surface area contributed by atoms with Gasteiger partial charge in [-0.2, -0.15) is 0 Å². The Hall–Kier alpha value is -1.60. The van der Waals surface area contributed by atoms with Crippen molar-refractivity contribution in [2.75, 3.05) is 19.5 Å². The van der Waals surface area contributed by atoms with Gasteiger partial charge in [-0.3, -0.25) is 4.79 Å². The van der Waals surface area contributed by atoms with Crippen molar-refractivity contribution < 1.29 is 22.7 Å². The molecule has 1 aliphatic rings. The Morgan fingerprint density at radius 2 is 2.09 bits per heavy atom. The topological polar surface area (TPSA) is 81.7 Å². The molecule has 1 saturated heterocycles. The molecule has 128 valence electrons. The first-order valence-electron chi connectivity index (χ1n) is 7.66. The van der Waals surface area contributed by atoms with Gasteiger partial charge in [0.1, 0.15) is 17.6 Å². The average Bonchev–Trinajstić information content (AvgIpc) is 3.03. The second kappa shape index (κ2) is 7.79. The Bertz CT molecular complexity index is 620. The number of rotatable bonds is 7. The zero-order valence-corrected chi connectivity index (χ0v) is 14.3. The molecule has 0 aromatic heterocycles. The van der Waals surface area contributed by atoms with Crippen LogP contribution in [0, 0.1) is 0 Å². The van der Waals surface area contributed by atoms with E-state index in [9.17, 15) is 13.2 Å². The molecule has 0 unspecified atom stereocenters. The van der Waals surface area contributed by atoms with Gasteiger partial charge in [-0.1, -0.05) is 12.1 Å². The normalized spacial score (nSPS) is 19.3. The van der Waals surface area contributed by atoms with E-state index in [2.05, 4.69) is 5.32 Å². The first-order chi connectivity index (χ1) is 10.9. The van der Waals surface area contributed by atoms with Crippen LogP contribution in [0.3, 0.4) is 0 Å². The third-order valence-corrected chi connectivity index (χ3v) is 5.36. The number of benzene rings is 1. The Morgan fingerprint density at radius 3 is 2.65 bits per heavy atom. The van der Waals surface area contributed by atoms with Gasteiger partial charge in [0.15, 0.2) is 9.84 Å². The Labute approximate surface area is 137 Å². The lowest BCUT2D eigenvalue weighted by Crippen LogP contribution is -2.36. The van der Waals surface area contributed by atoms with Crippen LogP contribution in [-0.4, -0.2) is 45.1 Å². The number of hydrogen-bond donors (Lipinski definition) is 1. The minimum absolute atomic E-state index is 0.173. The summed E-state index contributed by atoms with van der Waals surface area (Å²) in [4.78, 5) is 11.8. The number of sulfone groups is 1. The average molecular weight is 341 g/mol. The molecule has 2 rings (SSSR count). The quantitative estimate of drug-likeness (QED) is 0.808. The third kappa shape index (κ3) is 5.51. The fraction of sp³-hybridized carbons (Fsp3) is 0.562. The summed E-state index contributed by atoms with van der Waals surface area (Å²) in [5.41, 5.74) is 0.878. The number of nitrogens with one attached hydrogen (secondary N) is 1. The molecule has 23 heavy (non-hydrogen) atoms. The first kappa shape index (κ1) is 17.7. The molecule has 1 N–H and O–H groups in total. The molecule has 1 fully saturated rings. The number of hydrogen-bond acceptors (Lipinski definition) is 5. The Morgan fingerprint density at radius 1 is 1.39 bits per heavy atom. The fourth-order valence-corrected chi connectivity index (χ4v) is 2.67. The van der Waals surface area contributed by atoms with Crippen LogP contribution in [0.5, 0.6) is 5.75 Å². The molecule has 0 radical (unpaired) electrons. The van der Waals surface area contributed by atoms with Crippen LogP contribution in [0.1, 0.15) is 25.3 Å². The fourth-order valence-electron chi connectivity index (χ4n) is 2.20. The van der Waals surface area contributed by atoms with E-state index < -0.39 is 21.0 Å². The van der Waals surface area contributed by atoms with E-state index in [0.29, 0.717) is 6.61 Å². The van der Waals surface area contributed by atoms with E-state index in [-0.39, 0.29) is 12.6 Å². The molecule has 0 spiro atoms. The van der Waals surface area contributed by atoms with Crippen LogP contribution < -0.4 is 10.1 Å². The number of ether oxygens (including phenoxy) is 2. The maximum Gasteiger partial charge on any atom is 0.238 e. The van der Waals surface area contributed by atoms with Crippen molar-refractivity contribution in [2.45, 2.75) is 37.7 Å². The van der Waals surface area contributed by atoms with E-state index in [1.165, 1.54) is 6.92 Å². The summed E-state index contributed by atoms with van der Waals surface area (Å²) in [6, 6.07) is 7.35. The molecular weight excluding hydrogens is 318 g/mol. The minimum atomic E-state index is -3.37. The summed E-state index contributed by atoms with van der Waals surface area (Å²) in [7, 11) is -3.37. The van der Waals surface area contributed by atoms with Gasteiger partial charge in [-0.15, -0.1) is 0 Å². The smallest absolute Gasteiger partial charge is 0.238 e. The van der Waals surface area contributed by atoms with E-state index >= 15 is 0 Å². The van der Waals surface area contributed by atoms with Crippen LogP contribution in [0.15, 0.2) is 24.3 Å². The minimum Gasteiger partial charge on any atom is -0.491 e. The Kier molecular flexibility index (Phi) is 6.01. The van der Waals surface area contributed by atoms with Crippen LogP contribution >= 0.6 is 0 Å². The molecule has 2 atom stereocenters. The van der Waals surface area contributed by atoms with Gasteiger partial charge in [0.25, 0.3) is 0 Å². The molecule has 6 nitrogen and oxygen atoms in total. The maximum absolute atomic E-state index is 11.8. The zero-order valence-electron chi connectivity index (χ0n) is 13.4. The van der Waals surface area contributed by atoms with E-state index in [4.69, 9.17) is 9.47 Å². The lowest BCUT2D eigenvalue weighted by atomic mass is 10.2. The zero-order chi connectivity index (χ0) is 16.9. The number of carbonyl (C=O) groups excluding carboxylic acids is 1. The highest BCUT2D eigenvalue weighted by Gasteiger charge is 2.23. The van der Waals surface area contributed by atoms with E-state index in [1.54, 1.807) is 0 Å². The van der Waals surface area contributed by atoms with Crippen LogP contribution in [0.2, 0.25) is 0 Å². The summed E-state index contributed by atoms with van der Waals surface area (Å²) in [5.74, 6) is 0.256. The highest BCUT2D eigenvalue weighted by Crippen LogP contribution is 2.16. The van der Waals surface area contributed by atoms with Gasteiger partial charge in [0, 0.05) is 19.4 Å². The van der Waals surface area contributed by atoms with E-state index in [1.807, 2.05) is 24.3 Å².